The van der Waals surface area contributed by atoms with Gasteiger partial charge in [0.2, 0.25) is 0 Å². The molecule has 0 aliphatic rings. The predicted octanol–water partition coefficient (Wildman–Crippen LogP) is 5.58. The van der Waals surface area contributed by atoms with Crippen LogP contribution in [0.1, 0.15) is 110 Å². The van der Waals surface area contributed by atoms with Crippen molar-refractivity contribution in [1.82, 2.24) is 11.1 Å². The molecule has 5 nitrogen and oxygen atoms in total. The largest absolute Gasteiger partial charge is 0.317 e. The Bertz CT molecular complexity index is 166. The van der Waals surface area contributed by atoms with E-state index in [1.807, 2.05) is 0 Å². The molecule has 0 heterocycles. The number of rotatable bonds is 17. The van der Waals surface area contributed by atoms with Crippen LogP contribution in [-0.2, 0) is 0 Å². The van der Waals surface area contributed by atoms with Crippen molar-refractivity contribution in [2.45, 2.75) is 110 Å². The van der Waals surface area contributed by atoms with E-state index < -0.39 is 0 Å². The average Bonchev–Trinajstić information content (AvgIpc) is 2.55. The van der Waals surface area contributed by atoms with Crippen LogP contribution in [0.3, 0.4) is 0 Å². The lowest BCUT2D eigenvalue weighted by atomic mass is 10.0. The van der Waals surface area contributed by atoms with Crippen LogP contribution in [0.2, 0.25) is 0 Å². The summed E-state index contributed by atoms with van der Waals surface area (Å²) in [5.41, 5.74) is 2.97. The van der Waals surface area contributed by atoms with Crippen molar-refractivity contribution in [2.75, 3.05) is 6.54 Å². The lowest BCUT2D eigenvalue weighted by Gasteiger charge is -2.03. The Hall–Kier alpha value is -0.200. The first kappa shape index (κ1) is 25.0. The minimum absolute atomic E-state index is 0.748. The van der Waals surface area contributed by atoms with Gasteiger partial charge in [0.1, 0.15) is 0 Å². The van der Waals surface area contributed by atoms with E-state index in [4.69, 9.17) is 15.6 Å². The van der Waals surface area contributed by atoms with Gasteiger partial charge < -0.3 is 5.21 Å². The second kappa shape index (κ2) is 26.7. The molecular formula is C18H42N2O3. The van der Waals surface area contributed by atoms with Crippen molar-refractivity contribution in [3.63, 3.8) is 0 Å². The second-order valence-corrected chi connectivity index (χ2v) is 6.31. The first-order valence-corrected chi connectivity index (χ1v) is 9.73. The molecule has 23 heavy (non-hydrogen) atoms. The molecule has 5 N–H and O–H groups in total. The summed E-state index contributed by atoms with van der Waals surface area (Å²) < 4.78 is 0. The highest BCUT2D eigenvalue weighted by molar-refractivity contribution is 4.50. The molecule has 0 atom stereocenters. The van der Waals surface area contributed by atoms with Crippen LogP contribution < -0.4 is 11.1 Å². The fraction of sp³-hybridized carbons (Fsp3) is 1.00. The molecule has 0 fully saturated rings. The number of hydrogen-bond acceptors (Lipinski definition) is 5. The SMILES string of the molecule is CCCCCCCCCCCCCCCCCCNO.ONO. The fourth-order valence-corrected chi connectivity index (χ4v) is 2.75. The van der Waals surface area contributed by atoms with E-state index in [2.05, 4.69) is 12.4 Å². The maximum atomic E-state index is 8.43. The number of unbranched alkanes of at least 4 members (excludes halogenated alkanes) is 15. The van der Waals surface area contributed by atoms with Crippen molar-refractivity contribution in [2.24, 2.45) is 0 Å². The van der Waals surface area contributed by atoms with Crippen LogP contribution in [0.15, 0.2) is 0 Å². The molecule has 0 aromatic rings. The maximum Gasteiger partial charge on any atom is 0.0207 e. The molecule has 0 bridgehead atoms. The van der Waals surface area contributed by atoms with E-state index in [1.54, 1.807) is 0 Å². The van der Waals surface area contributed by atoms with Crippen molar-refractivity contribution >= 4 is 0 Å². The van der Waals surface area contributed by atoms with Gasteiger partial charge >= 0.3 is 0 Å². The molecule has 0 rings (SSSR count). The Labute approximate surface area is 143 Å². The lowest BCUT2D eigenvalue weighted by Crippen LogP contribution is -2.07. The van der Waals surface area contributed by atoms with Crippen LogP contribution in [0.25, 0.3) is 0 Å². The molecular weight excluding hydrogens is 292 g/mol. The maximum absolute atomic E-state index is 8.43. The molecule has 0 radical (unpaired) electrons. The van der Waals surface area contributed by atoms with E-state index >= 15 is 0 Å². The van der Waals surface area contributed by atoms with E-state index in [-0.39, 0.29) is 0 Å². The van der Waals surface area contributed by atoms with Gasteiger partial charge in [0.05, 0.1) is 0 Å². The zero-order valence-corrected chi connectivity index (χ0v) is 15.4. The van der Waals surface area contributed by atoms with Crippen molar-refractivity contribution < 1.29 is 15.6 Å². The van der Waals surface area contributed by atoms with Crippen molar-refractivity contribution in [3.05, 3.63) is 0 Å². The van der Waals surface area contributed by atoms with Gasteiger partial charge in [-0.2, -0.15) is 0 Å². The summed E-state index contributed by atoms with van der Waals surface area (Å²) in [7, 11) is 0. The Kier molecular flexibility index (Phi) is 29.1. The van der Waals surface area contributed by atoms with Gasteiger partial charge in [-0.25, -0.2) is 5.48 Å². The third kappa shape index (κ3) is 30.3. The van der Waals surface area contributed by atoms with Gasteiger partial charge in [-0.05, 0) is 6.42 Å². The van der Waals surface area contributed by atoms with E-state index in [9.17, 15) is 0 Å². The summed E-state index contributed by atoms with van der Waals surface area (Å²) in [6.07, 6.45) is 22.3. The number of nitrogens with one attached hydrogen (secondary N) is 2. The zero-order valence-electron chi connectivity index (χ0n) is 15.4. The lowest BCUT2D eigenvalue weighted by molar-refractivity contribution is -0.0678. The van der Waals surface area contributed by atoms with Gasteiger partial charge in [-0.3, -0.25) is 10.4 Å². The molecule has 0 saturated carbocycles. The molecule has 0 saturated heterocycles. The first-order chi connectivity index (χ1) is 11.3. The predicted molar refractivity (Wildman–Crippen MR) is 96.0 cm³/mol. The summed E-state index contributed by atoms with van der Waals surface area (Å²) in [4.78, 5) is 0. The van der Waals surface area contributed by atoms with Gasteiger partial charge in [-0.1, -0.05) is 109 Å². The zero-order chi connectivity index (χ0) is 17.4. The molecule has 0 aromatic heterocycles. The molecule has 0 aliphatic heterocycles. The molecule has 0 aromatic carbocycles. The second-order valence-electron chi connectivity index (χ2n) is 6.31. The van der Waals surface area contributed by atoms with Gasteiger partial charge in [-0.15, -0.1) is 0 Å². The van der Waals surface area contributed by atoms with E-state index in [0.717, 1.165) is 18.6 Å². The normalized spacial score (nSPS) is 10.4. The first-order valence-electron chi connectivity index (χ1n) is 9.73. The van der Waals surface area contributed by atoms with Crippen LogP contribution in [0.4, 0.5) is 0 Å². The quantitative estimate of drug-likeness (QED) is 0.177. The van der Waals surface area contributed by atoms with Crippen LogP contribution in [0.5, 0.6) is 0 Å². The van der Waals surface area contributed by atoms with Crippen molar-refractivity contribution in [3.8, 4) is 0 Å². The van der Waals surface area contributed by atoms with Gasteiger partial charge in [0.25, 0.3) is 0 Å². The molecule has 142 valence electrons. The molecule has 0 unspecified atom stereocenters. The molecule has 0 aliphatic carbocycles. The number of hydrogen-bond donors (Lipinski definition) is 5. The highest BCUT2D eigenvalue weighted by Gasteiger charge is 1.94. The molecule has 0 spiro atoms. The number of hydroxylamine groups is 1. The Balaban J connectivity index is 0. The smallest absolute Gasteiger partial charge is 0.0207 e. The summed E-state index contributed by atoms with van der Waals surface area (Å²) in [6.45, 7) is 3.03. The van der Waals surface area contributed by atoms with E-state index in [1.165, 1.54) is 96.3 Å². The summed E-state index contributed by atoms with van der Waals surface area (Å²) in [5, 5.41) is 22.2. The summed E-state index contributed by atoms with van der Waals surface area (Å²) >= 11 is 0. The van der Waals surface area contributed by atoms with Gasteiger partial charge in [0, 0.05) is 6.54 Å². The highest BCUT2D eigenvalue weighted by Crippen LogP contribution is 2.13. The molecule has 5 heteroatoms. The van der Waals surface area contributed by atoms with Gasteiger partial charge in [0.15, 0.2) is 0 Å². The van der Waals surface area contributed by atoms with E-state index in [0.29, 0.717) is 0 Å². The summed E-state index contributed by atoms with van der Waals surface area (Å²) in [5.74, 6) is 0. The summed E-state index contributed by atoms with van der Waals surface area (Å²) in [6, 6.07) is 0. The Morgan fingerprint density at radius 2 is 0.739 bits per heavy atom. The Morgan fingerprint density at radius 3 is 1.00 bits per heavy atom. The topological polar surface area (TPSA) is 84.8 Å². The average molecular weight is 335 g/mol. The molecule has 0 amide bonds. The third-order valence-corrected chi connectivity index (χ3v) is 4.14. The Morgan fingerprint density at radius 1 is 0.478 bits per heavy atom. The monoisotopic (exact) mass is 334 g/mol. The minimum Gasteiger partial charge on any atom is -0.317 e. The minimum atomic E-state index is 0.748. The fourth-order valence-electron chi connectivity index (χ4n) is 2.75. The van der Waals surface area contributed by atoms with Crippen LogP contribution in [0, 0.1) is 0 Å². The highest BCUT2D eigenvalue weighted by atomic mass is 16.7. The van der Waals surface area contributed by atoms with Crippen LogP contribution in [-0.4, -0.2) is 22.2 Å². The standard InChI is InChI=1S/C18H39NO.H3NO2/c1-2-3-4-5-6-7-8-9-10-11-12-13-14-15-16-17-18-19-20;2-1-3/h19-20H,2-18H2,1H3;1-3H. The van der Waals surface area contributed by atoms with Crippen molar-refractivity contribution in [1.29, 1.82) is 0 Å². The van der Waals surface area contributed by atoms with Crippen LogP contribution >= 0.6 is 0 Å². The third-order valence-electron chi connectivity index (χ3n) is 4.14.